The van der Waals surface area contributed by atoms with Gasteiger partial charge in [0.2, 0.25) is 0 Å². The lowest BCUT2D eigenvalue weighted by atomic mass is 10.1. The minimum Gasteiger partial charge on any atom is -0.153 e. The van der Waals surface area contributed by atoms with E-state index in [2.05, 4.69) is 38.7 Å². The first-order valence-corrected chi connectivity index (χ1v) is 5.90. The Morgan fingerprint density at radius 2 is 2.00 bits per heavy atom. The van der Waals surface area contributed by atoms with Crippen molar-refractivity contribution in [3.8, 4) is 0 Å². The third-order valence-electron chi connectivity index (χ3n) is 1.55. The normalized spacial score (nSPS) is 11.7. The fourth-order valence-electron chi connectivity index (χ4n) is 0.857. The predicted molar refractivity (Wildman–Crippen MR) is 60.3 cm³/mol. The SMILES string of the molecule is CC[CH]SCC=CCCC(C)C. The first-order valence-electron chi connectivity index (χ1n) is 4.85. The van der Waals surface area contributed by atoms with Crippen molar-refractivity contribution in [1.29, 1.82) is 0 Å². The monoisotopic (exact) mass is 185 g/mol. The Kier molecular flexibility index (Phi) is 9.25. The summed E-state index contributed by atoms with van der Waals surface area (Å²) in [5.74, 6) is 4.24. The highest BCUT2D eigenvalue weighted by atomic mass is 32.2. The summed E-state index contributed by atoms with van der Waals surface area (Å²) >= 11 is 1.90. The van der Waals surface area contributed by atoms with Crippen molar-refractivity contribution in [2.45, 2.75) is 40.0 Å². The molecule has 0 heterocycles. The highest BCUT2D eigenvalue weighted by molar-refractivity contribution is 8.01. The van der Waals surface area contributed by atoms with Crippen molar-refractivity contribution < 1.29 is 0 Å². The summed E-state index contributed by atoms with van der Waals surface area (Å²) in [6, 6.07) is 0. The molecule has 0 aromatic carbocycles. The molecular weight excluding hydrogens is 164 g/mol. The van der Waals surface area contributed by atoms with Gasteiger partial charge in [0.15, 0.2) is 0 Å². The van der Waals surface area contributed by atoms with E-state index in [4.69, 9.17) is 0 Å². The second-order valence-corrected chi connectivity index (χ2v) is 4.35. The average Bonchev–Trinajstić information content (AvgIpc) is 2.02. The van der Waals surface area contributed by atoms with Crippen LogP contribution in [0.3, 0.4) is 0 Å². The maximum absolute atomic E-state index is 2.30. The van der Waals surface area contributed by atoms with Crippen LogP contribution >= 0.6 is 11.8 Å². The smallest absolute Gasteiger partial charge is 0.0167 e. The van der Waals surface area contributed by atoms with Gasteiger partial charge in [-0.25, -0.2) is 0 Å². The molecule has 71 valence electrons. The Bertz CT molecular complexity index is 106. The zero-order chi connectivity index (χ0) is 9.23. The van der Waals surface area contributed by atoms with Crippen LogP contribution < -0.4 is 0 Å². The fraction of sp³-hybridized carbons (Fsp3) is 0.727. The Morgan fingerprint density at radius 1 is 1.25 bits per heavy atom. The Labute approximate surface area is 81.8 Å². The summed E-state index contributed by atoms with van der Waals surface area (Å²) in [6.07, 6.45) is 8.31. The third-order valence-corrected chi connectivity index (χ3v) is 2.51. The van der Waals surface area contributed by atoms with Crippen LogP contribution in [0.1, 0.15) is 40.0 Å². The van der Waals surface area contributed by atoms with Crippen molar-refractivity contribution in [1.82, 2.24) is 0 Å². The molecule has 12 heavy (non-hydrogen) atoms. The minimum absolute atomic E-state index is 0.838. The van der Waals surface area contributed by atoms with E-state index in [1.54, 1.807) is 0 Å². The van der Waals surface area contributed by atoms with E-state index in [-0.39, 0.29) is 0 Å². The van der Waals surface area contributed by atoms with Gasteiger partial charge in [-0.1, -0.05) is 32.9 Å². The molecule has 0 atom stereocenters. The summed E-state index contributed by atoms with van der Waals surface area (Å²) < 4.78 is 0. The second kappa shape index (κ2) is 9.18. The fourth-order valence-corrected chi connectivity index (χ4v) is 1.48. The molecule has 0 saturated heterocycles. The van der Waals surface area contributed by atoms with E-state index in [1.165, 1.54) is 19.3 Å². The van der Waals surface area contributed by atoms with E-state index in [1.807, 2.05) is 11.8 Å². The quantitative estimate of drug-likeness (QED) is 0.421. The Hall–Kier alpha value is 0.0900. The molecule has 0 amide bonds. The van der Waals surface area contributed by atoms with Gasteiger partial charge in [-0.2, -0.15) is 11.8 Å². The van der Waals surface area contributed by atoms with Crippen LogP contribution in [0.15, 0.2) is 12.2 Å². The van der Waals surface area contributed by atoms with Crippen LogP contribution in [0, 0.1) is 11.7 Å². The molecule has 0 unspecified atom stereocenters. The molecule has 0 aliphatic rings. The minimum atomic E-state index is 0.838. The molecule has 1 radical (unpaired) electrons. The lowest BCUT2D eigenvalue weighted by Gasteiger charge is -1.98. The third kappa shape index (κ3) is 10.1. The molecule has 0 fully saturated rings. The Morgan fingerprint density at radius 3 is 2.58 bits per heavy atom. The lowest BCUT2D eigenvalue weighted by molar-refractivity contribution is 0.594. The molecule has 0 saturated carbocycles. The van der Waals surface area contributed by atoms with Gasteiger partial charge in [0.25, 0.3) is 0 Å². The van der Waals surface area contributed by atoms with Crippen molar-refractivity contribution >= 4 is 11.8 Å². The largest absolute Gasteiger partial charge is 0.153 e. The van der Waals surface area contributed by atoms with Gasteiger partial charge in [-0.3, -0.25) is 0 Å². The van der Waals surface area contributed by atoms with Crippen molar-refractivity contribution in [2.24, 2.45) is 5.92 Å². The zero-order valence-corrected chi connectivity index (χ0v) is 9.36. The molecule has 0 aromatic rings. The number of thioether (sulfide) groups is 1. The number of allylic oxidation sites excluding steroid dienone is 1. The first-order chi connectivity index (χ1) is 5.77. The zero-order valence-electron chi connectivity index (χ0n) is 8.55. The van der Waals surface area contributed by atoms with Crippen LogP contribution in [0.5, 0.6) is 0 Å². The number of rotatable bonds is 7. The van der Waals surface area contributed by atoms with Gasteiger partial charge in [0.1, 0.15) is 0 Å². The summed E-state index contributed by atoms with van der Waals surface area (Å²) in [5, 5.41) is 0. The van der Waals surface area contributed by atoms with Gasteiger partial charge < -0.3 is 0 Å². The van der Waals surface area contributed by atoms with E-state index in [0.29, 0.717) is 0 Å². The van der Waals surface area contributed by atoms with E-state index < -0.39 is 0 Å². The first kappa shape index (κ1) is 12.1. The average molecular weight is 185 g/mol. The van der Waals surface area contributed by atoms with Crippen LogP contribution in [0.4, 0.5) is 0 Å². The van der Waals surface area contributed by atoms with Crippen molar-refractivity contribution in [3.63, 3.8) is 0 Å². The summed E-state index contributed by atoms with van der Waals surface area (Å²) in [4.78, 5) is 0. The van der Waals surface area contributed by atoms with E-state index >= 15 is 0 Å². The van der Waals surface area contributed by atoms with Gasteiger partial charge in [0.05, 0.1) is 0 Å². The second-order valence-electron chi connectivity index (χ2n) is 3.35. The maximum Gasteiger partial charge on any atom is 0.0167 e. The topological polar surface area (TPSA) is 0 Å². The van der Waals surface area contributed by atoms with Gasteiger partial charge in [0, 0.05) is 11.5 Å². The molecule has 1 heteroatoms. The maximum atomic E-state index is 2.30. The highest BCUT2D eigenvalue weighted by Gasteiger charge is 1.89. The van der Waals surface area contributed by atoms with Crippen molar-refractivity contribution in [3.05, 3.63) is 17.9 Å². The van der Waals surface area contributed by atoms with E-state index in [9.17, 15) is 0 Å². The molecule has 0 aliphatic heterocycles. The van der Waals surface area contributed by atoms with Crippen LogP contribution in [0.2, 0.25) is 0 Å². The number of hydrogen-bond acceptors (Lipinski definition) is 1. The molecule has 0 nitrogen and oxygen atoms in total. The molecule has 0 rings (SSSR count). The van der Waals surface area contributed by atoms with Gasteiger partial charge >= 0.3 is 0 Å². The van der Waals surface area contributed by atoms with Gasteiger partial charge in [-0.05, 0) is 25.2 Å². The predicted octanol–water partition coefficient (Wildman–Crippen LogP) is 4.28. The van der Waals surface area contributed by atoms with Crippen LogP contribution in [-0.4, -0.2) is 5.75 Å². The van der Waals surface area contributed by atoms with Crippen molar-refractivity contribution in [2.75, 3.05) is 5.75 Å². The van der Waals surface area contributed by atoms with E-state index in [0.717, 1.165) is 11.7 Å². The summed E-state index contributed by atoms with van der Waals surface area (Å²) in [7, 11) is 0. The summed E-state index contributed by atoms with van der Waals surface area (Å²) in [5.41, 5.74) is 0. The highest BCUT2D eigenvalue weighted by Crippen LogP contribution is 2.09. The molecule has 0 aromatic heterocycles. The molecule has 0 spiro atoms. The molecule has 0 aliphatic carbocycles. The molecule has 0 N–H and O–H groups in total. The molecule has 0 bridgehead atoms. The van der Waals surface area contributed by atoms with Crippen LogP contribution in [-0.2, 0) is 0 Å². The van der Waals surface area contributed by atoms with Gasteiger partial charge in [-0.15, -0.1) is 0 Å². The van der Waals surface area contributed by atoms with Crippen LogP contribution in [0.25, 0.3) is 0 Å². The lowest BCUT2D eigenvalue weighted by Crippen LogP contribution is -1.83. The molecular formula is C11H21S. The summed E-state index contributed by atoms with van der Waals surface area (Å²) in [6.45, 7) is 6.72. The Balaban J connectivity index is 3.04. The number of hydrogen-bond donors (Lipinski definition) is 0. The standard InChI is InChI=1S/C11H21S/c1-4-9-12-10-7-5-6-8-11(2)3/h5,7,9,11H,4,6,8,10H2,1-3H3.